The second-order valence-corrected chi connectivity index (χ2v) is 5.32. The fourth-order valence-electron chi connectivity index (χ4n) is 1.75. The molecule has 0 saturated heterocycles. The molecule has 1 aromatic carbocycles. The van der Waals surface area contributed by atoms with Crippen LogP contribution in [0.25, 0.3) is 0 Å². The van der Waals surface area contributed by atoms with Gasteiger partial charge < -0.3 is 14.8 Å². The molecule has 0 aliphatic rings. The van der Waals surface area contributed by atoms with Crippen LogP contribution >= 0.6 is 15.9 Å². The molecule has 112 valence electrons. The second-order valence-electron chi connectivity index (χ2n) is 4.41. The summed E-state index contributed by atoms with van der Waals surface area (Å²) >= 11 is 3.44. The quantitative estimate of drug-likeness (QED) is 0.854. The van der Waals surface area contributed by atoms with Crippen LogP contribution in [0.2, 0.25) is 0 Å². The molecule has 0 aliphatic heterocycles. The van der Waals surface area contributed by atoms with E-state index in [9.17, 15) is 0 Å². The molecule has 0 radical (unpaired) electrons. The van der Waals surface area contributed by atoms with Gasteiger partial charge >= 0.3 is 0 Å². The third-order valence-corrected chi connectivity index (χ3v) is 3.29. The summed E-state index contributed by atoms with van der Waals surface area (Å²) in [7, 11) is 1.81. The van der Waals surface area contributed by atoms with E-state index >= 15 is 0 Å². The monoisotopic (exact) mass is 351 g/mol. The van der Waals surface area contributed by atoms with Crippen LogP contribution in [0.1, 0.15) is 18.3 Å². The smallest absolute Gasteiger partial charge is 0.224 e. The summed E-state index contributed by atoms with van der Waals surface area (Å²) < 4.78 is 12.2. The molecule has 0 unspecified atom stereocenters. The van der Waals surface area contributed by atoms with Crippen LogP contribution in [0.15, 0.2) is 28.7 Å². The Balaban J connectivity index is 2.25. The Hall–Kier alpha value is -1.66. The third kappa shape index (κ3) is 4.41. The second kappa shape index (κ2) is 7.38. The van der Waals surface area contributed by atoms with Gasteiger partial charge in [-0.1, -0.05) is 15.9 Å². The molecule has 0 fully saturated rings. The van der Waals surface area contributed by atoms with Crippen LogP contribution in [0.4, 0.5) is 5.82 Å². The van der Waals surface area contributed by atoms with Gasteiger partial charge in [-0.15, -0.1) is 0 Å². The van der Waals surface area contributed by atoms with E-state index in [1.807, 2.05) is 32.0 Å². The van der Waals surface area contributed by atoms with Gasteiger partial charge in [0.1, 0.15) is 18.2 Å². The van der Waals surface area contributed by atoms with Gasteiger partial charge in [-0.3, -0.25) is 0 Å². The van der Waals surface area contributed by atoms with Crippen molar-refractivity contribution >= 4 is 21.7 Å². The molecule has 21 heavy (non-hydrogen) atoms. The van der Waals surface area contributed by atoms with Gasteiger partial charge in [0.25, 0.3) is 0 Å². The number of nitrogens with zero attached hydrogens (tertiary/aromatic N) is 2. The first kappa shape index (κ1) is 15.7. The van der Waals surface area contributed by atoms with Crippen molar-refractivity contribution in [3.63, 3.8) is 0 Å². The minimum absolute atomic E-state index is 0.363. The number of hydrogen-bond acceptors (Lipinski definition) is 5. The Kier molecular flexibility index (Phi) is 5.52. The van der Waals surface area contributed by atoms with Crippen LogP contribution in [0.5, 0.6) is 11.6 Å². The largest absolute Gasteiger partial charge is 0.439 e. The number of halogens is 1. The normalized spacial score (nSPS) is 10.5. The average Bonchev–Trinajstić information content (AvgIpc) is 2.48. The fourth-order valence-corrected chi connectivity index (χ4v) is 2.23. The van der Waals surface area contributed by atoms with Gasteiger partial charge in [-0.05, 0) is 37.6 Å². The molecule has 1 N–H and O–H groups in total. The van der Waals surface area contributed by atoms with Crippen molar-refractivity contribution in [2.45, 2.75) is 20.5 Å². The van der Waals surface area contributed by atoms with E-state index in [2.05, 4.69) is 31.2 Å². The molecule has 2 rings (SSSR count). The van der Waals surface area contributed by atoms with E-state index in [-0.39, 0.29) is 0 Å². The minimum Gasteiger partial charge on any atom is -0.439 e. The van der Waals surface area contributed by atoms with Crippen molar-refractivity contribution in [3.8, 4) is 11.6 Å². The summed E-state index contributed by atoms with van der Waals surface area (Å²) in [6, 6.07) is 7.60. The van der Waals surface area contributed by atoms with Gasteiger partial charge in [0.2, 0.25) is 5.88 Å². The number of rotatable bonds is 6. The molecule has 1 heterocycles. The lowest BCUT2D eigenvalue weighted by Crippen LogP contribution is -2.04. The number of benzene rings is 1. The molecule has 0 atom stereocenters. The first-order valence-electron chi connectivity index (χ1n) is 6.70. The molecule has 0 saturated carbocycles. The average molecular weight is 352 g/mol. The Morgan fingerprint density at radius 2 is 2.05 bits per heavy atom. The first-order valence-corrected chi connectivity index (χ1v) is 7.49. The standard InChI is InChI=1S/C15H18BrN3O2/c1-4-20-9-14-18-13(17-3)8-15(19-14)21-12-6-5-11(16)7-10(12)2/h5-8H,4,9H2,1-3H3,(H,17,18,19). The third-order valence-electron chi connectivity index (χ3n) is 2.79. The Labute approximate surface area is 132 Å². The van der Waals surface area contributed by atoms with Crippen LogP contribution in [-0.4, -0.2) is 23.6 Å². The first-order chi connectivity index (χ1) is 10.1. The van der Waals surface area contributed by atoms with Crippen molar-refractivity contribution in [2.75, 3.05) is 19.0 Å². The summed E-state index contributed by atoms with van der Waals surface area (Å²) in [6.45, 7) is 4.91. The van der Waals surface area contributed by atoms with Crippen molar-refractivity contribution in [2.24, 2.45) is 0 Å². The summed E-state index contributed by atoms with van der Waals surface area (Å²) in [5.41, 5.74) is 1.03. The topological polar surface area (TPSA) is 56.3 Å². The van der Waals surface area contributed by atoms with E-state index in [1.165, 1.54) is 0 Å². The minimum atomic E-state index is 0.363. The van der Waals surface area contributed by atoms with Crippen molar-refractivity contribution < 1.29 is 9.47 Å². The molecular formula is C15H18BrN3O2. The molecule has 1 aromatic heterocycles. The molecule has 0 bridgehead atoms. The van der Waals surface area contributed by atoms with Gasteiger partial charge in [-0.2, -0.15) is 4.98 Å². The highest BCUT2D eigenvalue weighted by Gasteiger charge is 2.08. The number of anilines is 1. The SMILES string of the molecule is CCOCc1nc(NC)cc(Oc2ccc(Br)cc2C)n1. The lowest BCUT2D eigenvalue weighted by Gasteiger charge is -2.11. The number of nitrogens with one attached hydrogen (secondary N) is 1. The van der Waals surface area contributed by atoms with E-state index < -0.39 is 0 Å². The summed E-state index contributed by atoms with van der Waals surface area (Å²) in [5.74, 6) is 2.55. The van der Waals surface area contributed by atoms with E-state index in [1.54, 1.807) is 13.1 Å². The highest BCUT2D eigenvalue weighted by molar-refractivity contribution is 9.10. The number of aryl methyl sites for hydroxylation is 1. The van der Waals surface area contributed by atoms with E-state index in [0.717, 1.165) is 15.8 Å². The van der Waals surface area contributed by atoms with Crippen molar-refractivity contribution in [1.29, 1.82) is 0 Å². The molecule has 0 amide bonds. The zero-order chi connectivity index (χ0) is 15.2. The van der Waals surface area contributed by atoms with Gasteiger partial charge in [0.05, 0.1) is 0 Å². The molecular weight excluding hydrogens is 334 g/mol. The maximum atomic E-state index is 5.86. The number of aromatic nitrogens is 2. The zero-order valence-electron chi connectivity index (χ0n) is 12.3. The fraction of sp³-hybridized carbons (Fsp3) is 0.333. The summed E-state index contributed by atoms with van der Waals surface area (Å²) in [5, 5.41) is 3.00. The number of hydrogen-bond donors (Lipinski definition) is 1. The van der Waals surface area contributed by atoms with Gasteiger partial charge in [-0.25, -0.2) is 4.98 Å². The van der Waals surface area contributed by atoms with Crippen molar-refractivity contribution in [1.82, 2.24) is 9.97 Å². The van der Waals surface area contributed by atoms with Gasteiger partial charge in [0, 0.05) is 24.2 Å². The maximum absolute atomic E-state index is 5.86. The predicted octanol–water partition coefficient (Wildman–Crippen LogP) is 3.92. The summed E-state index contributed by atoms with van der Waals surface area (Å²) in [4.78, 5) is 8.70. The van der Waals surface area contributed by atoms with E-state index in [0.29, 0.717) is 30.7 Å². The van der Waals surface area contributed by atoms with Crippen molar-refractivity contribution in [3.05, 3.63) is 40.1 Å². The Bertz CT molecular complexity index is 620. The summed E-state index contributed by atoms with van der Waals surface area (Å²) in [6.07, 6.45) is 0. The van der Waals surface area contributed by atoms with Gasteiger partial charge in [0.15, 0.2) is 5.82 Å². The lowest BCUT2D eigenvalue weighted by molar-refractivity contribution is 0.128. The molecule has 2 aromatic rings. The molecule has 6 heteroatoms. The molecule has 0 aliphatic carbocycles. The highest BCUT2D eigenvalue weighted by atomic mass is 79.9. The zero-order valence-corrected chi connectivity index (χ0v) is 13.9. The highest BCUT2D eigenvalue weighted by Crippen LogP contribution is 2.27. The van der Waals surface area contributed by atoms with Crippen LogP contribution in [-0.2, 0) is 11.3 Å². The van der Waals surface area contributed by atoms with E-state index in [4.69, 9.17) is 9.47 Å². The molecule has 0 spiro atoms. The maximum Gasteiger partial charge on any atom is 0.224 e. The predicted molar refractivity (Wildman–Crippen MR) is 85.9 cm³/mol. The van der Waals surface area contributed by atoms with Crippen LogP contribution < -0.4 is 10.1 Å². The van der Waals surface area contributed by atoms with Crippen LogP contribution in [0.3, 0.4) is 0 Å². The number of ether oxygens (including phenoxy) is 2. The van der Waals surface area contributed by atoms with Crippen LogP contribution in [0, 0.1) is 6.92 Å². The Morgan fingerprint density at radius 1 is 1.24 bits per heavy atom. The molecule has 5 nitrogen and oxygen atoms in total. The Morgan fingerprint density at radius 3 is 2.71 bits per heavy atom. The lowest BCUT2D eigenvalue weighted by atomic mass is 10.2.